The highest BCUT2D eigenvalue weighted by Crippen LogP contribution is 2.26. The maximum atomic E-state index is 11.4. The Morgan fingerprint density at radius 1 is 1.32 bits per heavy atom. The molecular weight excluding hydrogens is 240 g/mol. The van der Waals surface area contributed by atoms with Gasteiger partial charge in [0.05, 0.1) is 7.11 Å². The van der Waals surface area contributed by atoms with E-state index in [0.717, 1.165) is 28.9 Å². The summed E-state index contributed by atoms with van der Waals surface area (Å²) in [5.74, 6) is 0.844. The van der Waals surface area contributed by atoms with Crippen LogP contribution in [0.25, 0.3) is 11.1 Å². The van der Waals surface area contributed by atoms with Crippen LogP contribution in [0, 0.1) is 11.3 Å². The number of hydrogen-bond donors (Lipinski definition) is 1. The Morgan fingerprint density at radius 2 is 2.11 bits per heavy atom. The maximum absolute atomic E-state index is 11.4. The second-order valence-electron chi connectivity index (χ2n) is 4.12. The summed E-state index contributed by atoms with van der Waals surface area (Å²) in [6.07, 6.45) is 2.47. The number of methoxy groups -OCH3 is 1. The van der Waals surface area contributed by atoms with Crippen LogP contribution < -0.4 is 10.3 Å². The molecule has 0 unspecified atom stereocenters. The summed E-state index contributed by atoms with van der Waals surface area (Å²) in [6.45, 7) is 2.05. The zero-order chi connectivity index (χ0) is 13.8. The number of hydrogen-bond acceptors (Lipinski definition) is 3. The van der Waals surface area contributed by atoms with Crippen LogP contribution in [0.1, 0.15) is 18.1 Å². The predicted molar refractivity (Wildman–Crippen MR) is 73.1 cm³/mol. The van der Waals surface area contributed by atoms with Crippen molar-refractivity contribution in [1.29, 1.82) is 5.26 Å². The van der Waals surface area contributed by atoms with Gasteiger partial charge in [0.1, 0.15) is 17.4 Å². The largest absolute Gasteiger partial charge is 0.496 e. The average molecular weight is 254 g/mol. The van der Waals surface area contributed by atoms with E-state index < -0.39 is 0 Å². The second-order valence-corrected chi connectivity index (χ2v) is 4.12. The van der Waals surface area contributed by atoms with Gasteiger partial charge in [-0.1, -0.05) is 13.0 Å². The van der Waals surface area contributed by atoms with Gasteiger partial charge in [0.25, 0.3) is 5.56 Å². The van der Waals surface area contributed by atoms with Crippen LogP contribution in [-0.2, 0) is 6.42 Å². The zero-order valence-electron chi connectivity index (χ0n) is 10.9. The Morgan fingerprint density at radius 3 is 2.74 bits per heavy atom. The molecule has 0 aliphatic carbocycles. The van der Waals surface area contributed by atoms with E-state index in [1.165, 1.54) is 0 Å². The number of benzene rings is 1. The monoisotopic (exact) mass is 254 g/mol. The van der Waals surface area contributed by atoms with E-state index in [2.05, 4.69) is 11.9 Å². The molecule has 0 amide bonds. The number of nitriles is 1. The van der Waals surface area contributed by atoms with E-state index >= 15 is 0 Å². The third-order valence-corrected chi connectivity index (χ3v) is 3.02. The molecule has 2 rings (SSSR count). The fourth-order valence-corrected chi connectivity index (χ4v) is 1.97. The van der Waals surface area contributed by atoms with Crippen molar-refractivity contribution in [2.45, 2.75) is 13.3 Å². The van der Waals surface area contributed by atoms with Crippen molar-refractivity contribution in [3.8, 4) is 22.9 Å². The summed E-state index contributed by atoms with van der Waals surface area (Å²) in [5.41, 5.74) is 2.60. The highest BCUT2D eigenvalue weighted by molar-refractivity contribution is 5.66. The third kappa shape index (κ3) is 2.50. The van der Waals surface area contributed by atoms with Gasteiger partial charge in [-0.25, -0.2) is 0 Å². The summed E-state index contributed by atoms with van der Waals surface area (Å²) in [4.78, 5) is 13.9. The normalized spacial score (nSPS) is 9.95. The molecule has 0 spiro atoms. The van der Waals surface area contributed by atoms with E-state index in [9.17, 15) is 4.79 Å². The Hall–Kier alpha value is -2.54. The predicted octanol–water partition coefficient (Wildman–Crippen LogP) is 2.48. The SMILES string of the molecule is CCc1cc(-c2c[nH]c(=O)c(C#N)c2)ccc1OC. The Bertz CT molecular complexity index is 696. The Kier molecular flexibility index (Phi) is 3.67. The van der Waals surface area contributed by atoms with Gasteiger partial charge in [-0.15, -0.1) is 0 Å². The molecule has 4 nitrogen and oxygen atoms in total. The summed E-state index contributed by atoms with van der Waals surface area (Å²) < 4.78 is 5.28. The summed E-state index contributed by atoms with van der Waals surface area (Å²) in [6, 6.07) is 9.30. The van der Waals surface area contributed by atoms with Gasteiger partial charge in [0.15, 0.2) is 0 Å². The van der Waals surface area contributed by atoms with E-state index in [1.54, 1.807) is 19.4 Å². The molecule has 0 saturated carbocycles. The first kappa shape index (κ1) is 12.9. The van der Waals surface area contributed by atoms with Gasteiger partial charge >= 0.3 is 0 Å². The molecular formula is C15H14N2O2. The number of ether oxygens (including phenoxy) is 1. The minimum Gasteiger partial charge on any atom is -0.496 e. The number of rotatable bonds is 3. The molecule has 0 fully saturated rings. The molecule has 0 atom stereocenters. The lowest BCUT2D eigenvalue weighted by atomic mass is 10.0. The molecule has 1 heterocycles. The van der Waals surface area contributed by atoms with E-state index in [-0.39, 0.29) is 11.1 Å². The van der Waals surface area contributed by atoms with E-state index in [1.807, 2.05) is 24.3 Å². The van der Waals surface area contributed by atoms with Crippen molar-refractivity contribution in [1.82, 2.24) is 4.98 Å². The molecule has 1 N–H and O–H groups in total. The number of pyridine rings is 1. The van der Waals surface area contributed by atoms with E-state index in [4.69, 9.17) is 10.00 Å². The fraction of sp³-hybridized carbons (Fsp3) is 0.200. The Balaban J connectivity index is 2.54. The molecule has 0 aliphatic rings. The first-order valence-corrected chi connectivity index (χ1v) is 5.99. The number of nitrogens with one attached hydrogen (secondary N) is 1. The number of H-pyrrole nitrogens is 1. The first-order chi connectivity index (χ1) is 9.19. The van der Waals surface area contributed by atoms with Crippen LogP contribution in [0.5, 0.6) is 5.75 Å². The summed E-state index contributed by atoms with van der Waals surface area (Å²) in [7, 11) is 1.64. The van der Waals surface area contributed by atoms with Crippen LogP contribution in [0.3, 0.4) is 0 Å². The van der Waals surface area contributed by atoms with Crippen LogP contribution in [0.15, 0.2) is 35.3 Å². The van der Waals surface area contributed by atoms with Gasteiger partial charge in [-0.05, 0) is 41.3 Å². The molecule has 2 aromatic rings. The van der Waals surface area contributed by atoms with Gasteiger partial charge in [0, 0.05) is 6.20 Å². The van der Waals surface area contributed by atoms with Gasteiger partial charge in [-0.3, -0.25) is 4.79 Å². The number of aromatic amines is 1. The third-order valence-electron chi connectivity index (χ3n) is 3.02. The lowest BCUT2D eigenvalue weighted by Crippen LogP contribution is -2.08. The van der Waals surface area contributed by atoms with E-state index in [0.29, 0.717) is 0 Å². The van der Waals surface area contributed by atoms with Crippen LogP contribution >= 0.6 is 0 Å². The van der Waals surface area contributed by atoms with Gasteiger partial charge in [0.2, 0.25) is 0 Å². The fourth-order valence-electron chi connectivity index (χ4n) is 1.97. The van der Waals surface area contributed by atoms with Crippen molar-refractivity contribution in [3.05, 3.63) is 51.9 Å². The van der Waals surface area contributed by atoms with Crippen LogP contribution in [-0.4, -0.2) is 12.1 Å². The molecule has 1 aromatic carbocycles. The molecule has 4 heteroatoms. The molecule has 0 radical (unpaired) electrons. The van der Waals surface area contributed by atoms with Crippen molar-refractivity contribution in [2.75, 3.05) is 7.11 Å². The molecule has 0 aliphatic heterocycles. The van der Waals surface area contributed by atoms with Crippen molar-refractivity contribution < 1.29 is 4.74 Å². The standard InChI is InChI=1S/C15H14N2O2/c1-3-10-6-11(4-5-14(10)19-2)13-7-12(8-16)15(18)17-9-13/h4-7,9H,3H2,1-2H3,(H,17,18). The maximum Gasteiger partial charge on any atom is 0.265 e. The summed E-state index contributed by atoms with van der Waals surface area (Å²) >= 11 is 0. The molecule has 1 aromatic heterocycles. The zero-order valence-corrected chi connectivity index (χ0v) is 10.9. The highest BCUT2D eigenvalue weighted by Gasteiger charge is 2.06. The topological polar surface area (TPSA) is 65.9 Å². The highest BCUT2D eigenvalue weighted by atomic mass is 16.5. The first-order valence-electron chi connectivity index (χ1n) is 5.99. The lowest BCUT2D eigenvalue weighted by Gasteiger charge is -2.09. The molecule has 96 valence electrons. The number of aryl methyl sites for hydroxylation is 1. The van der Waals surface area contributed by atoms with Gasteiger partial charge in [-0.2, -0.15) is 5.26 Å². The quantitative estimate of drug-likeness (QED) is 0.915. The van der Waals surface area contributed by atoms with Crippen LogP contribution in [0.4, 0.5) is 0 Å². The Labute approximate surface area is 111 Å². The molecule has 0 bridgehead atoms. The number of nitrogens with zero attached hydrogens (tertiary/aromatic N) is 1. The smallest absolute Gasteiger partial charge is 0.265 e. The minimum atomic E-state index is -0.365. The molecule has 0 saturated heterocycles. The van der Waals surface area contributed by atoms with Crippen molar-refractivity contribution in [2.24, 2.45) is 0 Å². The summed E-state index contributed by atoms with van der Waals surface area (Å²) in [5, 5.41) is 8.88. The van der Waals surface area contributed by atoms with Crippen LogP contribution in [0.2, 0.25) is 0 Å². The number of aromatic nitrogens is 1. The van der Waals surface area contributed by atoms with Crippen molar-refractivity contribution in [3.63, 3.8) is 0 Å². The second kappa shape index (κ2) is 5.40. The average Bonchev–Trinajstić information content (AvgIpc) is 2.47. The van der Waals surface area contributed by atoms with Crippen molar-refractivity contribution >= 4 is 0 Å². The van der Waals surface area contributed by atoms with Gasteiger partial charge < -0.3 is 9.72 Å². The minimum absolute atomic E-state index is 0.117. The lowest BCUT2D eigenvalue weighted by molar-refractivity contribution is 0.410. The molecule has 19 heavy (non-hydrogen) atoms.